The Morgan fingerprint density at radius 2 is 1.51 bits per heavy atom. The highest BCUT2D eigenvalue weighted by Crippen LogP contribution is 2.28. The van der Waals surface area contributed by atoms with Gasteiger partial charge >= 0.3 is 12.1 Å². The first kappa shape index (κ1) is 31.1. The molecule has 0 fully saturated rings. The number of rotatable bonds is 7. The first-order chi connectivity index (χ1) is 21.5. The second kappa shape index (κ2) is 13.1. The number of hydrogen-bond donors (Lipinski definition) is 3. The van der Waals surface area contributed by atoms with Crippen LogP contribution in [0.5, 0.6) is 0 Å². The maximum atomic E-state index is 13.6. The summed E-state index contributed by atoms with van der Waals surface area (Å²) in [4.78, 5) is 16.7. The van der Waals surface area contributed by atoms with Crippen molar-refractivity contribution in [1.29, 1.82) is 0 Å². The summed E-state index contributed by atoms with van der Waals surface area (Å²) >= 11 is 0. The number of fused-ring (bicyclic) bond motifs is 1. The minimum atomic E-state index is -5.08. The molecule has 230 valence electrons. The Morgan fingerprint density at radius 1 is 0.844 bits per heavy atom. The summed E-state index contributed by atoms with van der Waals surface area (Å²) in [7, 11) is 0. The summed E-state index contributed by atoms with van der Waals surface area (Å²) in [5, 5.41) is 14.8. The maximum Gasteiger partial charge on any atom is 0.490 e. The van der Waals surface area contributed by atoms with E-state index in [1.54, 1.807) is 6.07 Å². The number of carboxylic acids is 1. The van der Waals surface area contributed by atoms with Gasteiger partial charge in [0.1, 0.15) is 17.4 Å². The lowest BCUT2D eigenvalue weighted by molar-refractivity contribution is -0.192. The highest BCUT2D eigenvalue weighted by molar-refractivity contribution is 5.80. The predicted octanol–water partition coefficient (Wildman–Crippen LogP) is 8.23. The van der Waals surface area contributed by atoms with Gasteiger partial charge < -0.3 is 19.9 Å². The number of benzene rings is 4. The number of nitrogens with one attached hydrogen (secondary N) is 2. The van der Waals surface area contributed by atoms with Gasteiger partial charge in [0.2, 0.25) is 0 Å². The van der Waals surface area contributed by atoms with E-state index in [4.69, 9.17) is 14.4 Å². The summed E-state index contributed by atoms with van der Waals surface area (Å²) in [5.41, 5.74) is 10.2. The van der Waals surface area contributed by atoms with Crippen LogP contribution in [0.4, 0.5) is 17.6 Å². The lowest BCUT2D eigenvalue weighted by atomic mass is 10.0. The van der Waals surface area contributed by atoms with Gasteiger partial charge in [0.05, 0.1) is 16.7 Å². The van der Waals surface area contributed by atoms with Crippen molar-refractivity contribution < 1.29 is 32.0 Å². The summed E-state index contributed by atoms with van der Waals surface area (Å²) in [6.45, 7) is 5.45. The van der Waals surface area contributed by atoms with Crippen LogP contribution in [0.15, 0.2) is 95.5 Å². The summed E-state index contributed by atoms with van der Waals surface area (Å²) in [6.07, 6.45) is -5.08. The van der Waals surface area contributed by atoms with Gasteiger partial charge in [0, 0.05) is 24.2 Å². The molecule has 0 bridgehead atoms. The fourth-order valence-corrected chi connectivity index (χ4v) is 4.86. The van der Waals surface area contributed by atoms with E-state index in [-0.39, 0.29) is 5.82 Å². The number of halogens is 4. The SMILES string of the molecule is Cc1noc(C)c1-c1cccc(CNCc2ccc(-c3cccc(-c4nc5ccc(F)cc5[nH]4)c3)cc2)c1.O=C(O)C(F)(F)F. The quantitative estimate of drug-likeness (QED) is 0.156. The molecule has 0 radical (unpaired) electrons. The standard InChI is InChI=1S/C32H27FN4O.C2HF3O2/c1-20-31(21(2)38-37-20)26-7-3-5-23(15-26)19-34-18-22-9-11-24(12-10-22)25-6-4-8-27(16-25)32-35-29-14-13-28(33)17-30(29)36-32;3-2(4,5)1(6)7/h3-17,34H,18-19H2,1-2H3,(H,35,36);(H,6,7). The fraction of sp³-hybridized carbons (Fsp3) is 0.147. The molecule has 0 saturated heterocycles. The van der Waals surface area contributed by atoms with Crippen LogP contribution in [-0.4, -0.2) is 32.4 Å². The van der Waals surface area contributed by atoms with Gasteiger partial charge in [-0.25, -0.2) is 14.2 Å². The molecule has 0 saturated carbocycles. The lowest BCUT2D eigenvalue weighted by Crippen LogP contribution is -2.21. The number of hydrogen-bond acceptors (Lipinski definition) is 5. The van der Waals surface area contributed by atoms with Crippen molar-refractivity contribution in [1.82, 2.24) is 20.4 Å². The molecule has 0 atom stereocenters. The summed E-state index contributed by atoms with van der Waals surface area (Å²) in [6, 6.07) is 29.9. The first-order valence-electron chi connectivity index (χ1n) is 13.9. The van der Waals surface area contributed by atoms with Crippen molar-refractivity contribution in [2.45, 2.75) is 33.1 Å². The number of carbonyl (C=O) groups is 1. The van der Waals surface area contributed by atoms with Crippen molar-refractivity contribution in [3.05, 3.63) is 119 Å². The van der Waals surface area contributed by atoms with Gasteiger partial charge in [0.15, 0.2) is 0 Å². The molecule has 0 aliphatic carbocycles. The van der Waals surface area contributed by atoms with Gasteiger partial charge in [-0.3, -0.25) is 0 Å². The highest BCUT2D eigenvalue weighted by atomic mass is 19.4. The number of aryl methyl sites for hydroxylation is 2. The van der Waals surface area contributed by atoms with Gasteiger partial charge in [-0.2, -0.15) is 13.2 Å². The number of imidazole rings is 1. The molecular formula is C34H28F4N4O3. The lowest BCUT2D eigenvalue weighted by Gasteiger charge is -2.09. The molecule has 2 aromatic heterocycles. The smallest absolute Gasteiger partial charge is 0.475 e. The number of alkyl halides is 3. The molecule has 11 heteroatoms. The van der Waals surface area contributed by atoms with Crippen LogP contribution in [0.3, 0.4) is 0 Å². The first-order valence-corrected chi connectivity index (χ1v) is 13.9. The Morgan fingerprint density at radius 3 is 2.20 bits per heavy atom. The van der Waals surface area contributed by atoms with Gasteiger partial charge in [-0.1, -0.05) is 65.8 Å². The van der Waals surface area contributed by atoms with E-state index in [0.29, 0.717) is 5.52 Å². The van der Waals surface area contributed by atoms with Crippen LogP contribution in [0.25, 0.3) is 44.7 Å². The van der Waals surface area contributed by atoms with Crippen LogP contribution < -0.4 is 5.32 Å². The van der Waals surface area contributed by atoms with Crippen LogP contribution in [0.2, 0.25) is 0 Å². The third-order valence-electron chi connectivity index (χ3n) is 7.02. The van der Waals surface area contributed by atoms with E-state index in [9.17, 15) is 17.6 Å². The molecule has 6 aromatic rings. The number of nitrogens with zero attached hydrogens (tertiary/aromatic N) is 2. The zero-order chi connectivity index (χ0) is 32.1. The number of aromatic amines is 1. The molecule has 6 rings (SSSR count). The van der Waals surface area contributed by atoms with E-state index >= 15 is 0 Å². The molecule has 3 N–H and O–H groups in total. The second-order valence-electron chi connectivity index (χ2n) is 10.3. The minimum absolute atomic E-state index is 0.276. The number of aromatic nitrogens is 3. The molecule has 0 aliphatic rings. The Bertz CT molecular complexity index is 1930. The molecule has 0 amide bonds. The number of aliphatic carboxylic acids is 1. The normalized spacial score (nSPS) is 11.3. The third-order valence-corrected chi connectivity index (χ3v) is 7.02. The largest absolute Gasteiger partial charge is 0.490 e. The van der Waals surface area contributed by atoms with Gasteiger partial charge in [-0.15, -0.1) is 0 Å². The topological polar surface area (TPSA) is 104 Å². The minimum Gasteiger partial charge on any atom is -0.475 e. The Labute approximate surface area is 255 Å². The molecular weight excluding hydrogens is 588 g/mol. The second-order valence-corrected chi connectivity index (χ2v) is 10.3. The van der Waals surface area contributed by atoms with Crippen molar-refractivity contribution in [2.75, 3.05) is 0 Å². The molecule has 0 aliphatic heterocycles. The van der Waals surface area contributed by atoms with Crippen LogP contribution in [0, 0.1) is 19.7 Å². The number of carboxylic acid groups (broad SMARTS) is 1. The van der Waals surface area contributed by atoms with Crippen LogP contribution in [0.1, 0.15) is 22.6 Å². The van der Waals surface area contributed by atoms with Crippen molar-refractivity contribution in [2.24, 2.45) is 0 Å². The van der Waals surface area contributed by atoms with Gasteiger partial charge in [-0.05, 0) is 72.0 Å². The predicted molar refractivity (Wildman–Crippen MR) is 163 cm³/mol. The zero-order valence-electron chi connectivity index (χ0n) is 24.2. The molecule has 7 nitrogen and oxygen atoms in total. The molecule has 2 heterocycles. The highest BCUT2D eigenvalue weighted by Gasteiger charge is 2.38. The summed E-state index contributed by atoms with van der Waals surface area (Å²) < 4.78 is 50.6. The van der Waals surface area contributed by atoms with E-state index in [1.807, 2.05) is 26.0 Å². The fourth-order valence-electron chi connectivity index (χ4n) is 4.86. The third kappa shape index (κ3) is 7.63. The molecule has 0 unspecified atom stereocenters. The van der Waals surface area contributed by atoms with Crippen molar-refractivity contribution in [3.63, 3.8) is 0 Å². The number of H-pyrrole nitrogens is 1. The van der Waals surface area contributed by atoms with Crippen molar-refractivity contribution >= 4 is 17.0 Å². The van der Waals surface area contributed by atoms with Crippen molar-refractivity contribution in [3.8, 4) is 33.6 Å². The van der Waals surface area contributed by atoms with Crippen LogP contribution >= 0.6 is 0 Å². The monoisotopic (exact) mass is 616 g/mol. The van der Waals surface area contributed by atoms with E-state index in [2.05, 4.69) is 81.1 Å². The van der Waals surface area contributed by atoms with E-state index < -0.39 is 12.1 Å². The zero-order valence-corrected chi connectivity index (χ0v) is 24.2. The molecule has 45 heavy (non-hydrogen) atoms. The molecule has 0 spiro atoms. The van der Waals surface area contributed by atoms with E-state index in [0.717, 1.165) is 63.7 Å². The summed E-state index contributed by atoms with van der Waals surface area (Å²) in [5.74, 6) is -1.47. The van der Waals surface area contributed by atoms with Gasteiger partial charge in [0.25, 0.3) is 0 Å². The molecule has 4 aromatic carbocycles. The Hall–Kier alpha value is -5.29. The average Bonchev–Trinajstić information content (AvgIpc) is 3.59. The Kier molecular flexibility index (Phi) is 9.10. The van der Waals surface area contributed by atoms with E-state index in [1.165, 1.54) is 23.3 Å². The average molecular weight is 617 g/mol. The Balaban J connectivity index is 0.000000515. The maximum absolute atomic E-state index is 13.6. The van der Waals surface area contributed by atoms with Crippen LogP contribution in [-0.2, 0) is 17.9 Å².